The van der Waals surface area contributed by atoms with Crippen LogP contribution in [0.15, 0.2) is 90.5 Å². The normalized spacial score (nSPS) is 18.5. The molecule has 1 atom stereocenters. The minimum atomic E-state index is -0.691. The number of hydrogen-bond acceptors (Lipinski definition) is 3. The average Bonchev–Trinajstić information content (AvgIpc) is 3.00. The lowest BCUT2D eigenvalue weighted by Gasteiger charge is -2.25. The number of carbonyl (C=O) groups excluding carboxylic acids is 2. The Kier molecular flexibility index (Phi) is 4.53. The van der Waals surface area contributed by atoms with Crippen molar-refractivity contribution in [2.24, 2.45) is 0 Å². The fourth-order valence-corrected chi connectivity index (χ4v) is 3.58. The predicted octanol–water partition coefficient (Wildman–Crippen LogP) is 4.62. The van der Waals surface area contributed by atoms with Gasteiger partial charge in [0.2, 0.25) is 0 Å². The van der Waals surface area contributed by atoms with Crippen LogP contribution in [0.25, 0.3) is 5.76 Å². The Hall–Kier alpha value is -3.66. The minimum Gasteiger partial charge on any atom is -0.507 e. The molecule has 3 aromatic carbocycles. The second-order valence-corrected chi connectivity index (χ2v) is 6.78. The lowest BCUT2D eigenvalue weighted by atomic mass is 9.95. The van der Waals surface area contributed by atoms with Crippen molar-refractivity contribution in [3.8, 4) is 0 Å². The lowest BCUT2D eigenvalue weighted by molar-refractivity contribution is -0.132. The van der Waals surface area contributed by atoms with Gasteiger partial charge < -0.3 is 5.11 Å². The molecule has 1 amide bonds. The smallest absolute Gasteiger partial charge is 0.300 e. The zero-order valence-corrected chi connectivity index (χ0v) is 15.4. The van der Waals surface area contributed by atoms with Gasteiger partial charge in [-0.25, -0.2) is 0 Å². The molecule has 1 saturated heterocycles. The van der Waals surface area contributed by atoms with Gasteiger partial charge in [-0.05, 0) is 30.2 Å². The molecule has 1 heterocycles. The van der Waals surface area contributed by atoms with E-state index in [9.17, 15) is 14.7 Å². The first-order chi connectivity index (χ1) is 13.6. The molecule has 0 bridgehead atoms. The summed E-state index contributed by atoms with van der Waals surface area (Å²) in [6, 6.07) is 24.9. The third-order valence-electron chi connectivity index (χ3n) is 4.89. The summed E-state index contributed by atoms with van der Waals surface area (Å²) in [5.41, 5.74) is 2.98. The van der Waals surface area contributed by atoms with E-state index in [0.717, 1.165) is 11.1 Å². The number of rotatable bonds is 3. The molecule has 1 aliphatic rings. The molecule has 138 valence electrons. The predicted molar refractivity (Wildman–Crippen MR) is 109 cm³/mol. The van der Waals surface area contributed by atoms with E-state index in [4.69, 9.17) is 0 Å². The summed E-state index contributed by atoms with van der Waals surface area (Å²) in [7, 11) is 0. The highest BCUT2D eigenvalue weighted by Crippen LogP contribution is 2.42. The number of aliphatic hydroxyl groups is 1. The standard InChI is InChI=1S/C24H19NO3/c1-16-9-8-14-19(15-16)25-21(17-10-4-2-5-11-17)20(23(27)24(25)28)22(26)18-12-6-3-7-13-18/h2-15,21,26H,1H3/b22-20+/t21-/m1/s1. The summed E-state index contributed by atoms with van der Waals surface area (Å²) in [5.74, 6) is -1.49. The van der Waals surface area contributed by atoms with E-state index in [1.165, 1.54) is 4.90 Å². The van der Waals surface area contributed by atoms with Gasteiger partial charge in [0.1, 0.15) is 5.76 Å². The van der Waals surface area contributed by atoms with Crippen LogP contribution in [0.1, 0.15) is 22.7 Å². The number of amides is 1. The molecule has 1 N–H and O–H groups in total. The Morgan fingerprint density at radius 1 is 0.857 bits per heavy atom. The largest absolute Gasteiger partial charge is 0.507 e. The molecule has 4 rings (SSSR count). The fraction of sp³-hybridized carbons (Fsp3) is 0.0833. The summed E-state index contributed by atoms with van der Waals surface area (Å²) in [4.78, 5) is 27.4. The van der Waals surface area contributed by atoms with Gasteiger partial charge in [-0.3, -0.25) is 14.5 Å². The maximum Gasteiger partial charge on any atom is 0.300 e. The van der Waals surface area contributed by atoms with Crippen molar-refractivity contribution in [2.45, 2.75) is 13.0 Å². The highest BCUT2D eigenvalue weighted by Gasteiger charge is 2.46. The number of nitrogens with zero attached hydrogens (tertiary/aromatic N) is 1. The summed E-state index contributed by atoms with van der Waals surface area (Å²) in [5, 5.41) is 10.9. The van der Waals surface area contributed by atoms with E-state index in [0.29, 0.717) is 11.3 Å². The molecule has 4 nitrogen and oxygen atoms in total. The first kappa shape index (κ1) is 17.7. The van der Waals surface area contributed by atoms with Gasteiger partial charge in [-0.15, -0.1) is 0 Å². The average molecular weight is 369 g/mol. The zero-order valence-electron chi connectivity index (χ0n) is 15.4. The van der Waals surface area contributed by atoms with Crippen molar-refractivity contribution in [3.05, 3.63) is 107 Å². The van der Waals surface area contributed by atoms with Crippen LogP contribution in [-0.2, 0) is 9.59 Å². The molecule has 0 radical (unpaired) electrons. The van der Waals surface area contributed by atoms with Crippen molar-refractivity contribution in [2.75, 3.05) is 4.90 Å². The van der Waals surface area contributed by atoms with Gasteiger partial charge in [-0.2, -0.15) is 0 Å². The second-order valence-electron chi connectivity index (χ2n) is 6.78. The number of aryl methyl sites for hydroxylation is 1. The number of anilines is 1. The third-order valence-corrected chi connectivity index (χ3v) is 4.89. The van der Waals surface area contributed by atoms with Crippen LogP contribution in [0.3, 0.4) is 0 Å². The van der Waals surface area contributed by atoms with E-state index in [2.05, 4.69) is 0 Å². The molecular weight excluding hydrogens is 350 g/mol. The van der Waals surface area contributed by atoms with Crippen molar-refractivity contribution < 1.29 is 14.7 Å². The van der Waals surface area contributed by atoms with E-state index in [1.54, 1.807) is 30.3 Å². The van der Waals surface area contributed by atoms with E-state index >= 15 is 0 Å². The van der Waals surface area contributed by atoms with E-state index in [-0.39, 0.29) is 11.3 Å². The molecule has 28 heavy (non-hydrogen) atoms. The summed E-state index contributed by atoms with van der Waals surface area (Å²) in [6.07, 6.45) is 0. The number of benzene rings is 3. The monoisotopic (exact) mass is 369 g/mol. The molecule has 1 fully saturated rings. The molecular formula is C24H19NO3. The Bertz CT molecular complexity index is 1070. The quantitative estimate of drug-likeness (QED) is 0.416. The first-order valence-electron chi connectivity index (χ1n) is 9.06. The van der Waals surface area contributed by atoms with Gasteiger partial charge >= 0.3 is 0 Å². The van der Waals surface area contributed by atoms with Crippen molar-refractivity contribution in [3.63, 3.8) is 0 Å². The molecule has 4 heteroatoms. The van der Waals surface area contributed by atoms with Gasteiger partial charge in [0, 0.05) is 11.3 Å². The molecule has 0 spiro atoms. The summed E-state index contributed by atoms with van der Waals surface area (Å²) < 4.78 is 0. The van der Waals surface area contributed by atoms with Crippen LogP contribution in [0, 0.1) is 6.92 Å². The van der Waals surface area contributed by atoms with Crippen LogP contribution in [-0.4, -0.2) is 16.8 Å². The van der Waals surface area contributed by atoms with Crippen LogP contribution in [0.2, 0.25) is 0 Å². The summed E-state index contributed by atoms with van der Waals surface area (Å²) >= 11 is 0. The molecule has 0 aromatic heterocycles. The SMILES string of the molecule is Cc1cccc(N2C(=O)C(=O)/C(=C(/O)c3ccccc3)[C@H]2c2ccccc2)c1. The molecule has 0 unspecified atom stereocenters. The second kappa shape index (κ2) is 7.16. The number of Topliss-reactive ketones (excluding diaryl/α,β-unsaturated/α-hetero) is 1. The number of aliphatic hydroxyl groups excluding tert-OH is 1. The molecule has 0 saturated carbocycles. The van der Waals surface area contributed by atoms with Crippen molar-refractivity contribution >= 4 is 23.1 Å². The van der Waals surface area contributed by atoms with E-state index < -0.39 is 17.7 Å². The number of carbonyl (C=O) groups is 2. The van der Waals surface area contributed by atoms with Crippen molar-refractivity contribution in [1.82, 2.24) is 0 Å². The number of ketones is 1. The maximum absolute atomic E-state index is 13.0. The highest BCUT2D eigenvalue weighted by molar-refractivity contribution is 6.51. The summed E-state index contributed by atoms with van der Waals surface area (Å²) in [6.45, 7) is 1.93. The lowest BCUT2D eigenvalue weighted by Crippen LogP contribution is -2.29. The number of hydrogen-bond donors (Lipinski definition) is 1. The van der Waals surface area contributed by atoms with Gasteiger partial charge in [0.25, 0.3) is 11.7 Å². The fourth-order valence-electron chi connectivity index (χ4n) is 3.58. The minimum absolute atomic E-state index is 0.101. The first-order valence-corrected chi connectivity index (χ1v) is 9.06. The Morgan fingerprint density at radius 2 is 1.50 bits per heavy atom. The van der Waals surface area contributed by atoms with Crippen LogP contribution in [0.5, 0.6) is 0 Å². The topological polar surface area (TPSA) is 57.6 Å². The van der Waals surface area contributed by atoms with Crippen molar-refractivity contribution in [1.29, 1.82) is 0 Å². The molecule has 1 aliphatic heterocycles. The highest BCUT2D eigenvalue weighted by atomic mass is 16.3. The molecule has 3 aromatic rings. The van der Waals surface area contributed by atoms with Gasteiger partial charge in [0.15, 0.2) is 0 Å². The Labute approximate surface area is 163 Å². The Morgan fingerprint density at radius 3 is 2.14 bits per heavy atom. The Balaban J connectivity index is 1.95. The van der Waals surface area contributed by atoms with Crippen LogP contribution >= 0.6 is 0 Å². The van der Waals surface area contributed by atoms with Gasteiger partial charge in [-0.1, -0.05) is 72.8 Å². The third kappa shape index (κ3) is 2.99. The zero-order chi connectivity index (χ0) is 19.7. The van der Waals surface area contributed by atoms with Gasteiger partial charge in [0.05, 0.1) is 11.6 Å². The van der Waals surface area contributed by atoms with Crippen LogP contribution < -0.4 is 4.90 Å². The van der Waals surface area contributed by atoms with E-state index in [1.807, 2.05) is 61.5 Å². The molecule has 0 aliphatic carbocycles. The maximum atomic E-state index is 13.0. The van der Waals surface area contributed by atoms with Crippen LogP contribution in [0.4, 0.5) is 5.69 Å².